The third-order valence-corrected chi connectivity index (χ3v) is 1.91. The molecule has 0 radical (unpaired) electrons. The van der Waals surface area contributed by atoms with Crippen LogP contribution in [-0.2, 0) is 0 Å². The molecule has 10 heavy (non-hydrogen) atoms. The number of hydrogen-bond donors (Lipinski definition) is 0. The Balaban J connectivity index is 2.26. The molecule has 0 saturated heterocycles. The zero-order valence-corrected chi connectivity index (χ0v) is 7.30. The first-order chi connectivity index (χ1) is 4.58. The van der Waals surface area contributed by atoms with Crippen molar-refractivity contribution in [3.63, 3.8) is 0 Å². The first-order valence-electron chi connectivity index (χ1n) is 4.03. The fourth-order valence-corrected chi connectivity index (χ4v) is 1.60. The van der Waals surface area contributed by atoms with Gasteiger partial charge in [0.05, 0.1) is 27.7 Å². The molecule has 0 bridgehead atoms. The molecule has 0 N–H and O–H groups in total. The summed E-state index contributed by atoms with van der Waals surface area (Å²) in [5.41, 5.74) is 0. The van der Waals surface area contributed by atoms with Crippen molar-refractivity contribution in [1.29, 1.82) is 0 Å². The predicted octanol–water partition coefficient (Wildman–Crippen LogP) is 1.66. The standard InChI is InChI=1S/C9H18N/c1-10(2,3)8-9-6-4-5-7-9/h4-5,9H,6-8H2,1-3H3/q+1. The number of nitrogens with zero attached hydrogens (tertiary/aromatic N) is 1. The van der Waals surface area contributed by atoms with Crippen molar-refractivity contribution in [3.05, 3.63) is 12.2 Å². The van der Waals surface area contributed by atoms with Crippen molar-refractivity contribution >= 4 is 0 Å². The van der Waals surface area contributed by atoms with Crippen LogP contribution < -0.4 is 0 Å². The third kappa shape index (κ3) is 2.53. The van der Waals surface area contributed by atoms with Gasteiger partial charge in [-0.25, -0.2) is 0 Å². The minimum Gasteiger partial charge on any atom is -0.331 e. The zero-order chi connectivity index (χ0) is 7.61. The number of quaternary nitrogens is 1. The van der Waals surface area contributed by atoms with Crippen LogP contribution in [0.15, 0.2) is 12.2 Å². The lowest BCUT2D eigenvalue weighted by Gasteiger charge is -2.27. The largest absolute Gasteiger partial charge is 0.331 e. The smallest absolute Gasteiger partial charge is 0.0815 e. The number of hydrogen-bond acceptors (Lipinski definition) is 0. The second kappa shape index (κ2) is 2.75. The van der Waals surface area contributed by atoms with Crippen LogP contribution in [0.1, 0.15) is 12.8 Å². The van der Waals surface area contributed by atoms with E-state index >= 15 is 0 Å². The van der Waals surface area contributed by atoms with Crippen LogP contribution in [0.5, 0.6) is 0 Å². The molecule has 0 aromatic carbocycles. The van der Waals surface area contributed by atoms with E-state index in [1.165, 1.54) is 19.4 Å². The highest BCUT2D eigenvalue weighted by atomic mass is 15.3. The average molecular weight is 140 g/mol. The van der Waals surface area contributed by atoms with Crippen LogP contribution >= 0.6 is 0 Å². The molecule has 0 atom stereocenters. The van der Waals surface area contributed by atoms with E-state index in [9.17, 15) is 0 Å². The summed E-state index contributed by atoms with van der Waals surface area (Å²) in [6.07, 6.45) is 7.21. The zero-order valence-electron chi connectivity index (χ0n) is 7.30. The second-order valence-electron chi connectivity index (χ2n) is 4.28. The summed E-state index contributed by atoms with van der Waals surface area (Å²) >= 11 is 0. The molecule has 1 aliphatic rings. The maximum absolute atomic E-state index is 2.31. The van der Waals surface area contributed by atoms with E-state index in [1.54, 1.807) is 0 Å². The second-order valence-corrected chi connectivity index (χ2v) is 4.28. The Morgan fingerprint density at radius 2 is 1.70 bits per heavy atom. The Morgan fingerprint density at radius 3 is 2.10 bits per heavy atom. The monoisotopic (exact) mass is 140 g/mol. The van der Waals surface area contributed by atoms with E-state index in [1.807, 2.05) is 0 Å². The summed E-state index contributed by atoms with van der Waals surface area (Å²) in [5.74, 6) is 0.917. The van der Waals surface area contributed by atoms with E-state index in [-0.39, 0.29) is 0 Å². The Morgan fingerprint density at radius 1 is 1.20 bits per heavy atom. The topological polar surface area (TPSA) is 0 Å². The van der Waals surface area contributed by atoms with Crippen LogP contribution in [0.2, 0.25) is 0 Å². The van der Waals surface area contributed by atoms with Gasteiger partial charge >= 0.3 is 0 Å². The highest BCUT2D eigenvalue weighted by molar-refractivity contribution is 4.93. The molecular formula is C9H18N+. The molecule has 0 unspecified atom stereocenters. The van der Waals surface area contributed by atoms with Gasteiger partial charge in [-0.1, -0.05) is 12.2 Å². The Labute approximate surface area is 63.9 Å². The summed E-state index contributed by atoms with van der Waals surface area (Å²) in [7, 11) is 6.79. The maximum Gasteiger partial charge on any atom is 0.0815 e. The summed E-state index contributed by atoms with van der Waals surface area (Å²) in [5, 5.41) is 0. The SMILES string of the molecule is C[N+](C)(C)CC1CC=CC1. The molecule has 0 aromatic heterocycles. The average Bonchev–Trinajstić information content (AvgIpc) is 2.12. The molecule has 0 aromatic rings. The quantitative estimate of drug-likeness (QED) is 0.404. The highest BCUT2D eigenvalue weighted by Gasteiger charge is 2.18. The molecular weight excluding hydrogens is 122 g/mol. The lowest BCUT2D eigenvalue weighted by molar-refractivity contribution is -0.873. The lowest BCUT2D eigenvalue weighted by Crippen LogP contribution is -2.38. The fraction of sp³-hybridized carbons (Fsp3) is 0.778. The predicted molar refractivity (Wildman–Crippen MR) is 44.8 cm³/mol. The molecule has 0 fully saturated rings. The molecule has 1 heteroatoms. The molecule has 58 valence electrons. The molecule has 0 heterocycles. The molecule has 0 saturated carbocycles. The van der Waals surface area contributed by atoms with E-state index in [0.717, 1.165) is 10.4 Å². The Hall–Kier alpha value is -0.300. The fourth-order valence-electron chi connectivity index (χ4n) is 1.60. The van der Waals surface area contributed by atoms with Crippen molar-refractivity contribution in [1.82, 2.24) is 0 Å². The molecule has 0 amide bonds. The van der Waals surface area contributed by atoms with Crippen molar-refractivity contribution in [3.8, 4) is 0 Å². The molecule has 1 nitrogen and oxygen atoms in total. The van der Waals surface area contributed by atoms with Crippen LogP contribution in [0.3, 0.4) is 0 Å². The van der Waals surface area contributed by atoms with Gasteiger partial charge in [0.1, 0.15) is 0 Å². The van der Waals surface area contributed by atoms with Gasteiger partial charge in [-0.3, -0.25) is 0 Å². The minimum absolute atomic E-state index is 0.917. The highest BCUT2D eigenvalue weighted by Crippen LogP contribution is 2.19. The van der Waals surface area contributed by atoms with Crippen molar-refractivity contribution in [2.24, 2.45) is 5.92 Å². The van der Waals surface area contributed by atoms with Crippen LogP contribution in [-0.4, -0.2) is 32.2 Å². The van der Waals surface area contributed by atoms with Crippen LogP contribution in [0.4, 0.5) is 0 Å². The van der Waals surface area contributed by atoms with E-state index in [0.29, 0.717) is 0 Å². The van der Waals surface area contributed by atoms with Crippen molar-refractivity contribution < 1.29 is 4.48 Å². The summed E-state index contributed by atoms with van der Waals surface area (Å²) in [6, 6.07) is 0. The third-order valence-electron chi connectivity index (χ3n) is 1.91. The Kier molecular flexibility index (Phi) is 2.14. The summed E-state index contributed by atoms with van der Waals surface area (Å²) in [6.45, 7) is 1.31. The van der Waals surface area contributed by atoms with Gasteiger partial charge in [-0.2, -0.15) is 0 Å². The molecule has 0 spiro atoms. The van der Waals surface area contributed by atoms with Crippen molar-refractivity contribution in [2.75, 3.05) is 27.7 Å². The molecule has 1 rings (SSSR count). The first-order valence-corrected chi connectivity index (χ1v) is 4.03. The first kappa shape index (κ1) is 7.80. The van der Waals surface area contributed by atoms with Crippen LogP contribution in [0.25, 0.3) is 0 Å². The lowest BCUT2D eigenvalue weighted by atomic mass is 10.1. The van der Waals surface area contributed by atoms with Gasteiger partial charge in [-0.05, 0) is 12.8 Å². The summed E-state index contributed by atoms with van der Waals surface area (Å²) in [4.78, 5) is 0. The van der Waals surface area contributed by atoms with Gasteiger partial charge in [0, 0.05) is 5.92 Å². The molecule has 0 aliphatic heterocycles. The van der Waals surface area contributed by atoms with Gasteiger partial charge < -0.3 is 4.48 Å². The van der Waals surface area contributed by atoms with E-state index < -0.39 is 0 Å². The Bertz CT molecular complexity index is 122. The maximum atomic E-state index is 2.31. The van der Waals surface area contributed by atoms with Crippen molar-refractivity contribution in [2.45, 2.75) is 12.8 Å². The van der Waals surface area contributed by atoms with Gasteiger partial charge in [0.15, 0.2) is 0 Å². The minimum atomic E-state index is 0.917. The van der Waals surface area contributed by atoms with Gasteiger partial charge in [0.25, 0.3) is 0 Å². The van der Waals surface area contributed by atoms with E-state index in [4.69, 9.17) is 0 Å². The van der Waals surface area contributed by atoms with Gasteiger partial charge in [0.2, 0.25) is 0 Å². The van der Waals surface area contributed by atoms with Gasteiger partial charge in [-0.15, -0.1) is 0 Å². The summed E-state index contributed by atoms with van der Waals surface area (Å²) < 4.78 is 1.10. The number of rotatable bonds is 2. The van der Waals surface area contributed by atoms with E-state index in [2.05, 4.69) is 33.3 Å². The number of allylic oxidation sites excluding steroid dienone is 2. The normalized spacial score (nSPS) is 20.3. The van der Waals surface area contributed by atoms with Crippen LogP contribution in [0, 0.1) is 5.92 Å². The molecule has 1 aliphatic carbocycles.